The lowest BCUT2D eigenvalue weighted by molar-refractivity contribution is -0.143. The van der Waals surface area contributed by atoms with E-state index < -0.39 is 6.04 Å². The van der Waals surface area contributed by atoms with Gasteiger partial charge in [-0.3, -0.25) is 9.59 Å². The fourth-order valence-corrected chi connectivity index (χ4v) is 1.93. The fourth-order valence-electron chi connectivity index (χ4n) is 1.93. The summed E-state index contributed by atoms with van der Waals surface area (Å²) in [5.74, 6) is 0.786. The third kappa shape index (κ3) is 2.46. The number of nitrogens with zero attached hydrogens (tertiary/aromatic N) is 3. The Labute approximate surface area is 99.6 Å². The lowest BCUT2D eigenvalue weighted by Crippen LogP contribution is -2.57. The molecule has 1 aromatic rings. The molecule has 1 aromatic heterocycles. The van der Waals surface area contributed by atoms with Crippen molar-refractivity contribution in [1.29, 1.82) is 0 Å². The Balaban J connectivity index is 1.96. The predicted molar refractivity (Wildman–Crippen MR) is 61.1 cm³/mol. The molecule has 1 unspecified atom stereocenters. The van der Waals surface area contributed by atoms with E-state index in [1.165, 1.54) is 0 Å². The number of hydrogen-bond donors (Lipinski definition) is 1. The highest BCUT2D eigenvalue weighted by Gasteiger charge is 2.28. The van der Waals surface area contributed by atoms with Gasteiger partial charge in [0.1, 0.15) is 11.9 Å². The number of amides is 2. The molecule has 6 nitrogen and oxygen atoms in total. The van der Waals surface area contributed by atoms with Gasteiger partial charge in [0.05, 0.1) is 6.54 Å². The topological polar surface area (TPSA) is 67.2 Å². The van der Waals surface area contributed by atoms with E-state index in [-0.39, 0.29) is 18.4 Å². The highest BCUT2D eigenvalue weighted by atomic mass is 16.2. The average molecular weight is 236 g/mol. The first-order valence-electron chi connectivity index (χ1n) is 5.64. The Hall–Kier alpha value is -1.85. The maximum Gasteiger partial charge on any atom is 0.245 e. The number of carbonyl (C=O) groups is 2. The van der Waals surface area contributed by atoms with Gasteiger partial charge in [0.15, 0.2) is 0 Å². The molecule has 0 spiro atoms. The number of aryl methyl sites for hydroxylation is 1. The molecular formula is C11H16N4O2. The molecule has 17 heavy (non-hydrogen) atoms. The normalized spacial score (nSPS) is 20.6. The molecule has 0 aliphatic carbocycles. The van der Waals surface area contributed by atoms with Gasteiger partial charge in [0.2, 0.25) is 11.8 Å². The minimum absolute atomic E-state index is 0.0256. The van der Waals surface area contributed by atoms with Crippen molar-refractivity contribution < 1.29 is 9.59 Å². The Morgan fingerprint density at radius 1 is 1.47 bits per heavy atom. The van der Waals surface area contributed by atoms with Crippen molar-refractivity contribution in [3.8, 4) is 0 Å². The van der Waals surface area contributed by atoms with Crippen LogP contribution in [-0.2, 0) is 16.1 Å². The van der Waals surface area contributed by atoms with Crippen LogP contribution in [0.5, 0.6) is 0 Å². The lowest BCUT2D eigenvalue weighted by Gasteiger charge is -2.30. The Bertz CT molecular complexity index is 440. The number of rotatable bonds is 3. The van der Waals surface area contributed by atoms with Crippen molar-refractivity contribution in [3.05, 3.63) is 18.2 Å². The van der Waals surface area contributed by atoms with Gasteiger partial charge in [-0.25, -0.2) is 4.98 Å². The highest BCUT2D eigenvalue weighted by Crippen LogP contribution is 2.03. The maximum atomic E-state index is 11.8. The van der Waals surface area contributed by atoms with Crippen LogP contribution in [0.3, 0.4) is 0 Å². The quantitative estimate of drug-likeness (QED) is 0.772. The zero-order valence-corrected chi connectivity index (χ0v) is 10.0. The minimum atomic E-state index is -0.417. The zero-order valence-electron chi connectivity index (χ0n) is 10.0. The lowest BCUT2D eigenvalue weighted by atomic mass is 10.2. The second-order valence-corrected chi connectivity index (χ2v) is 4.22. The predicted octanol–water partition coefficient (Wildman–Crippen LogP) is -0.462. The summed E-state index contributed by atoms with van der Waals surface area (Å²) in [5.41, 5.74) is 0. The van der Waals surface area contributed by atoms with Gasteiger partial charge in [-0.1, -0.05) is 0 Å². The molecule has 0 bridgehead atoms. The van der Waals surface area contributed by atoms with Gasteiger partial charge in [-0.15, -0.1) is 0 Å². The van der Waals surface area contributed by atoms with E-state index in [0.29, 0.717) is 13.1 Å². The summed E-state index contributed by atoms with van der Waals surface area (Å²) < 4.78 is 1.96. The minimum Gasteiger partial charge on any atom is -0.343 e. The van der Waals surface area contributed by atoms with Crippen LogP contribution in [-0.4, -0.2) is 45.4 Å². The van der Waals surface area contributed by atoms with Crippen LogP contribution in [0, 0.1) is 6.92 Å². The standard InChI is InChI=1S/C11H16N4O2/c1-8-11(17)15(7-10(16)13-8)6-5-14-4-3-12-9(14)2/h3-4,8H,5-7H2,1-2H3,(H,13,16). The highest BCUT2D eigenvalue weighted by molar-refractivity contribution is 5.94. The molecule has 2 amide bonds. The first kappa shape index (κ1) is 11.6. The van der Waals surface area contributed by atoms with Crippen LogP contribution in [0.2, 0.25) is 0 Å². The summed E-state index contributed by atoms with van der Waals surface area (Å²) >= 11 is 0. The van der Waals surface area contributed by atoms with Gasteiger partial charge in [-0.05, 0) is 13.8 Å². The Kier molecular flexibility index (Phi) is 3.12. The molecule has 1 N–H and O–H groups in total. The molecule has 2 heterocycles. The number of aromatic nitrogens is 2. The molecule has 1 aliphatic heterocycles. The molecule has 2 rings (SSSR count). The summed E-state index contributed by atoms with van der Waals surface area (Å²) in [6.45, 7) is 4.96. The fraction of sp³-hybridized carbons (Fsp3) is 0.545. The molecule has 0 saturated carbocycles. The van der Waals surface area contributed by atoms with E-state index in [0.717, 1.165) is 5.82 Å². The molecule has 6 heteroatoms. The molecule has 1 aliphatic rings. The van der Waals surface area contributed by atoms with Crippen molar-refractivity contribution >= 4 is 11.8 Å². The van der Waals surface area contributed by atoms with E-state index in [2.05, 4.69) is 10.3 Å². The number of carbonyl (C=O) groups excluding carboxylic acids is 2. The van der Waals surface area contributed by atoms with Crippen LogP contribution < -0.4 is 5.32 Å². The van der Waals surface area contributed by atoms with Crippen LogP contribution >= 0.6 is 0 Å². The van der Waals surface area contributed by atoms with E-state index in [1.54, 1.807) is 18.0 Å². The first-order valence-corrected chi connectivity index (χ1v) is 5.64. The van der Waals surface area contributed by atoms with Crippen molar-refractivity contribution in [1.82, 2.24) is 19.8 Å². The number of piperazine rings is 1. The van der Waals surface area contributed by atoms with Gasteiger partial charge < -0.3 is 14.8 Å². The van der Waals surface area contributed by atoms with E-state index in [9.17, 15) is 9.59 Å². The van der Waals surface area contributed by atoms with Gasteiger partial charge in [0, 0.05) is 25.5 Å². The summed E-state index contributed by atoms with van der Waals surface area (Å²) in [7, 11) is 0. The average Bonchev–Trinajstić information content (AvgIpc) is 2.67. The number of hydrogen-bond acceptors (Lipinski definition) is 3. The molecule has 92 valence electrons. The SMILES string of the molecule is Cc1nccn1CCN1CC(=O)NC(C)C1=O. The smallest absolute Gasteiger partial charge is 0.245 e. The summed E-state index contributed by atoms with van der Waals surface area (Å²) in [6.07, 6.45) is 3.59. The van der Waals surface area contributed by atoms with Crippen LogP contribution in [0.15, 0.2) is 12.4 Å². The maximum absolute atomic E-state index is 11.8. The molecule has 1 atom stereocenters. The van der Waals surface area contributed by atoms with Gasteiger partial charge >= 0.3 is 0 Å². The largest absolute Gasteiger partial charge is 0.343 e. The van der Waals surface area contributed by atoms with Crippen molar-refractivity contribution in [2.75, 3.05) is 13.1 Å². The zero-order chi connectivity index (χ0) is 12.4. The van der Waals surface area contributed by atoms with Crippen molar-refractivity contribution in [2.45, 2.75) is 26.4 Å². The first-order chi connectivity index (χ1) is 8.08. The molecule has 0 radical (unpaired) electrons. The van der Waals surface area contributed by atoms with E-state index in [4.69, 9.17) is 0 Å². The second-order valence-electron chi connectivity index (χ2n) is 4.22. The number of imidazole rings is 1. The van der Waals surface area contributed by atoms with Crippen LogP contribution in [0.25, 0.3) is 0 Å². The van der Waals surface area contributed by atoms with Crippen molar-refractivity contribution in [3.63, 3.8) is 0 Å². The van der Waals surface area contributed by atoms with Crippen molar-refractivity contribution in [2.24, 2.45) is 0 Å². The van der Waals surface area contributed by atoms with E-state index >= 15 is 0 Å². The summed E-state index contributed by atoms with van der Waals surface area (Å²) in [5, 5.41) is 2.61. The van der Waals surface area contributed by atoms with E-state index in [1.807, 2.05) is 17.7 Å². The Morgan fingerprint density at radius 2 is 2.24 bits per heavy atom. The monoisotopic (exact) mass is 236 g/mol. The third-order valence-electron chi connectivity index (χ3n) is 2.93. The molecule has 1 saturated heterocycles. The molecular weight excluding hydrogens is 220 g/mol. The number of nitrogens with one attached hydrogen (secondary N) is 1. The Morgan fingerprint density at radius 3 is 2.88 bits per heavy atom. The second kappa shape index (κ2) is 4.57. The van der Waals surface area contributed by atoms with Crippen LogP contribution in [0.4, 0.5) is 0 Å². The summed E-state index contributed by atoms with van der Waals surface area (Å²) in [4.78, 5) is 28.8. The summed E-state index contributed by atoms with van der Waals surface area (Å²) in [6, 6.07) is -0.417. The van der Waals surface area contributed by atoms with Gasteiger partial charge in [0.25, 0.3) is 0 Å². The third-order valence-corrected chi connectivity index (χ3v) is 2.93. The molecule has 0 aromatic carbocycles. The molecule has 1 fully saturated rings. The van der Waals surface area contributed by atoms with Crippen LogP contribution in [0.1, 0.15) is 12.7 Å². The van der Waals surface area contributed by atoms with Gasteiger partial charge in [-0.2, -0.15) is 0 Å².